The maximum Gasteiger partial charge on any atom is 0.253 e. The number of hydrogen-bond donors (Lipinski definition) is 2. The Kier molecular flexibility index (Phi) is 6.83. The number of benzene rings is 2. The van der Waals surface area contributed by atoms with E-state index in [2.05, 4.69) is 10.6 Å². The van der Waals surface area contributed by atoms with Crippen molar-refractivity contribution in [2.45, 2.75) is 26.7 Å². The number of amides is 2. The standard InChI is InChI=1S/C20H22F2N2O2/c1-13(2)12-23-20(26)15-5-3-4-6-18(15)24-19(25)10-8-14-7-9-16(21)17(22)11-14/h3-7,9,11,13H,8,10,12H2,1-2H3,(H,23,26)(H,24,25). The Balaban J connectivity index is 1.98. The van der Waals surface area contributed by atoms with Gasteiger partial charge >= 0.3 is 0 Å². The van der Waals surface area contributed by atoms with Gasteiger partial charge in [-0.15, -0.1) is 0 Å². The molecule has 6 heteroatoms. The molecule has 0 spiro atoms. The van der Waals surface area contributed by atoms with Gasteiger partial charge < -0.3 is 10.6 Å². The van der Waals surface area contributed by atoms with E-state index in [4.69, 9.17) is 0 Å². The molecule has 0 saturated heterocycles. The van der Waals surface area contributed by atoms with Crippen LogP contribution < -0.4 is 10.6 Å². The number of para-hydroxylation sites is 1. The zero-order valence-corrected chi connectivity index (χ0v) is 14.8. The van der Waals surface area contributed by atoms with Crippen LogP contribution in [0.5, 0.6) is 0 Å². The summed E-state index contributed by atoms with van der Waals surface area (Å²) in [5.74, 6) is -2.10. The highest BCUT2D eigenvalue weighted by Crippen LogP contribution is 2.16. The number of rotatable bonds is 7. The molecule has 0 unspecified atom stereocenters. The molecule has 0 saturated carbocycles. The molecule has 138 valence electrons. The average Bonchev–Trinajstić information content (AvgIpc) is 2.61. The van der Waals surface area contributed by atoms with Gasteiger partial charge in [0.1, 0.15) is 0 Å². The average molecular weight is 360 g/mol. The molecule has 0 atom stereocenters. The first kappa shape index (κ1) is 19.6. The van der Waals surface area contributed by atoms with Crippen molar-refractivity contribution in [3.63, 3.8) is 0 Å². The van der Waals surface area contributed by atoms with Crippen molar-refractivity contribution < 1.29 is 18.4 Å². The number of anilines is 1. The van der Waals surface area contributed by atoms with Gasteiger partial charge in [-0.05, 0) is 42.2 Å². The molecule has 2 rings (SSSR count). The highest BCUT2D eigenvalue weighted by molar-refractivity contribution is 6.03. The second kappa shape index (κ2) is 9.08. The summed E-state index contributed by atoms with van der Waals surface area (Å²) in [7, 11) is 0. The van der Waals surface area contributed by atoms with E-state index in [0.29, 0.717) is 29.3 Å². The molecule has 2 aromatic rings. The fourth-order valence-corrected chi connectivity index (χ4v) is 2.35. The topological polar surface area (TPSA) is 58.2 Å². The smallest absolute Gasteiger partial charge is 0.253 e. The van der Waals surface area contributed by atoms with Crippen LogP contribution in [0.4, 0.5) is 14.5 Å². The molecular weight excluding hydrogens is 338 g/mol. The second-order valence-corrected chi connectivity index (χ2v) is 6.45. The minimum absolute atomic E-state index is 0.0903. The van der Waals surface area contributed by atoms with Crippen LogP contribution in [0.15, 0.2) is 42.5 Å². The third kappa shape index (κ3) is 5.65. The minimum atomic E-state index is -0.935. The van der Waals surface area contributed by atoms with Crippen LogP contribution in [-0.2, 0) is 11.2 Å². The van der Waals surface area contributed by atoms with Crippen molar-refractivity contribution in [3.05, 3.63) is 65.2 Å². The van der Waals surface area contributed by atoms with Gasteiger partial charge in [-0.1, -0.05) is 32.0 Å². The number of aryl methyl sites for hydroxylation is 1. The summed E-state index contributed by atoms with van der Waals surface area (Å²) in [5.41, 5.74) is 1.33. The SMILES string of the molecule is CC(C)CNC(=O)c1ccccc1NC(=O)CCc1ccc(F)c(F)c1. The van der Waals surface area contributed by atoms with E-state index in [1.165, 1.54) is 6.07 Å². The number of hydrogen-bond acceptors (Lipinski definition) is 2. The van der Waals surface area contributed by atoms with Gasteiger partial charge in [0.2, 0.25) is 5.91 Å². The molecule has 0 aliphatic heterocycles. The number of carbonyl (C=O) groups is 2. The molecule has 26 heavy (non-hydrogen) atoms. The zero-order chi connectivity index (χ0) is 19.1. The molecule has 0 aromatic heterocycles. The molecule has 0 aliphatic carbocycles. The first-order chi connectivity index (χ1) is 12.4. The molecule has 0 radical (unpaired) electrons. The molecular formula is C20H22F2N2O2. The Hall–Kier alpha value is -2.76. The number of halogens is 2. The Labute approximate surface area is 151 Å². The Morgan fingerprint density at radius 2 is 1.77 bits per heavy atom. The summed E-state index contributed by atoms with van der Waals surface area (Å²) >= 11 is 0. The lowest BCUT2D eigenvalue weighted by atomic mass is 10.1. The summed E-state index contributed by atoms with van der Waals surface area (Å²) in [6.07, 6.45) is 0.359. The van der Waals surface area contributed by atoms with Crippen LogP contribution in [0.2, 0.25) is 0 Å². The summed E-state index contributed by atoms with van der Waals surface area (Å²) in [4.78, 5) is 24.4. The van der Waals surface area contributed by atoms with E-state index in [9.17, 15) is 18.4 Å². The van der Waals surface area contributed by atoms with Gasteiger partial charge in [0.05, 0.1) is 11.3 Å². The van der Waals surface area contributed by atoms with Crippen molar-refractivity contribution in [1.82, 2.24) is 5.32 Å². The quantitative estimate of drug-likeness (QED) is 0.786. The van der Waals surface area contributed by atoms with Gasteiger partial charge in [0.15, 0.2) is 11.6 Å². The lowest BCUT2D eigenvalue weighted by Gasteiger charge is -2.12. The van der Waals surface area contributed by atoms with Crippen molar-refractivity contribution in [3.8, 4) is 0 Å². The monoisotopic (exact) mass is 360 g/mol. The van der Waals surface area contributed by atoms with Crippen LogP contribution in [0, 0.1) is 17.6 Å². The van der Waals surface area contributed by atoms with Gasteiger partial charge in [0.25, 0.3) is 5.91 Å². The Morgan fingerprint density at radius 3 is 2.46 bits per heavy atom. The van der Waals surface area contributed by atoms with Crippen LogP contribution >= 0.6 is 0 Å². The van der Waals surface area contributed by atoms with E-state index in [-0.39, 0.29) is 24.7 Å². The Morgan fingerprint density at radius 1 is 1.04 bits per heavy atom. The maximum atomic E-state index is 13.2. The lowest BCUT2D eigenvalue weighted by Crippen LogP contribution is -2.28. The number of nitrogens with one attached hydrogen (secondary N) is 2. The second-order valence-electron chi connectivity index (χ2n) is 6.45. The molecule has 0 bridgehead atoms. The van der Waals surface area contributed by atoms with Crippen molar-refractivity contribution in [2.75, 3.05) is 11.9 Å². The van der Waals surface area contributed by atoms with Crippen LogP contribution in [0.1, 0.15) is 36.2 Å². The van der Waals surface area contributed by atoms with Crippen molar-refractivity contribution >= 4 is 17.5 Å². The zero-order valence-electron chi connectivity index (χ0n) is 14.8. The first-order valence-electron chi connectivity index (χ1n) is 8.48. The highest BCUT2D eigenvalue weighted by Gasteiger charge is 2.13. The van der Waals surface area contributed by atoms with Gasteiger partial charge in [-0.3, -0.25) is 9.59 Å². The highest BCUT2D eigenvalue weighted by atomic mass is 19.2. The van der Waals surface area contributed by atoms with E-state index in [0.717, 1.165) is 12.1 Å². The van der Waals surface area contributed by atoms with Crippen LogP contribution in [-0.4, -0.2) is 18.4 Å². The fraction of sp³-hybridized carbons (Fsp3) is 0.300. The number of carbonyl (C=O) groups excluding carboxylic acids is 2. The normalized spacial score (nSPS) is 10.7. The van der Waals surface area contributed by atoms with Crippen LogP contribution in [0.25, 0.3) is 0 Å². The van der Waals surface area contributed by atoms with Crippen LogP contribution in [0.3, 0.4) is 0 Å². The molecule has 2 amide bonds. The molecule has 2 N–H and O–H groups in total. The van der Waals surface area contributed by atoms with E-state index in [1.54, 1.807) is 24.3 Å². The predicted molar refractivity (Wildman–Crippen MR) is 96.9 cm³/mol. The van der Waals surface area contributed by atoms with Crippen molar-refractivity contribution in [1.29, 1.82) is 0 Å². The molecule has 4 nitrogen and oxygen atoms in total. The maximum absolute atomic E-state index is 13.2. The molecule has 0 heterocycles. The van der Waals surface area contributed by atoms with Gasteiger partial charge in [-0.2, -0.15) is 0 Å². The predicted octanol–water partition coefficient (Wildman–Crippen LogP) is 3.92. The minimum Gasteiger partial charge on any atom is -0.352 e. The van der Waals surface area contributed by atoms with Crippen molar-refractivity contribution in [2.24, 2.45) is 5.92 Å². The summed E-state index contributed by atoms with van der Waals surface area (Å²) < 4.78 is 26.1. The Bertz CT molecular complexity index is 791. The summed E-state index contributed by atoms with van der Waals surface area (Å²) in [6.45, 7) is 4.52. The van der Waals surface area contributed by atoms with Gasteiger partial charge in [-0.25, -0.2) is 8.78 Å². The van der Waals surface area contributed by atoms with E-state index >= 15 is 0 Å². The largest absolute Gasteiger partial charge is 0.352 e. The first-order valence-corrected chi connectivity index (χ1v) is 8.48. The summed E-state index contributed by atoms with van der Waals surface area (Å²) in [6, 6.07) is 10.3. The molecule has 0 aliphatic rings. The third-order valence-electron chi connectivity index (χ3n) is 3.74. The van der Waals surface area contributed by atoms with E-state index < -0.39 is 11.6 Å². The van der Waals surface area contributed by atoms with Gasteiger partial charge in [0, 0.05) is 13.0 Å². The molecule has 0 fully saturated rings. The van der Waals surface area contributed by atoms with E-state index in [1.807, 2.05) is 13.8 Å². The lowest BCUT2D eigenvalue weighted by molar-refractivity contribution is -0.116. The summed E-state index contributed by atoms with van der Waals surface area (Å²) in [5, 5.41) is 5.52. The fourth-order valence-electron chi connectivity index (χ4n) is 2.35. The molecule has 2 aromatic carbocycles. The third-order valence-corrected chi connectivity index (χ3v) is 3.74.